The molecule has 0 saturated carbocycles. The average Bonchev–Trinajstić information content (AvgIpc) is 2.64. The van der Waals surface area contributed by atoms with Gasteiger partial charge in [0.2, 0.25) is 11.8 Å². The Kier molecular flexibility index (Phi) is 9.26. The molecule has 2 amide bonds. The second-order valence-corrected chi connectivity index (χ2v) is 6.29. The predicted octanol–water partition coefficient (Wildman–Crippen LogP) is -1.05. The van der Waals surface area contributed by atoms with Gasteiger partial charge in [-0.25, -0.2) is 4.79 Å². The van der Waals surface area contributed by atoms with Crippen molar-refractivity contribution in [1.82, 2.24) is 10.6 Å². The summed E-state index contributed by atoms with van der Waals surface area (Å²) < 4.78 is 0. The Labute approximate surface area is 165 Å². The molecule has 11 nitrogen and oxygen atoms in total. The van der Waals surface area contributed by atoms with E-state index in [2.05, 4.69) is 5.32 Å². The van der Waals surface area contributed by atoms with E-state index in [1.807, 2.05) is 5.32 Å². The molecule has 0 saturated heterocycles. The molecule has 11 heteroatoms. The summed E-state index contributed by atoms with van der Waals surface area (Å²) in [5.41, 5.74) is 6.61. The van der Waals surface area contributed by atoms with Gasteiger partial charge in [-0.1, -0.05) is 30.3 Å². The van der Waals surface area contributed by atoms with E-state index in [0.717, 1.165) is 5.56 Å². The highest BCUT2D eigenvalue weighted by Gasteiger charge is 2.29. The number of carbonyl (C=O) groups excluding carboxylic acids is 2. The molecule has 3 unspecified atom stereocenters. The monoisotopic (exact) mass is 409 g/mol. The first-order valence-electron chi connectivity index (χ1n) is 8.66. The maximum Gasteiger partial charge on any atom is 0.326 e. The Balaban J connectivity index is 2.82. The van der Waals surface area contributed by atoms with Crippen molar-refractivity contribution in [3.05, 3.63) is 35.9 Å². The van der Waals surface area contributed by atoms with Gasteiger partial charge in [-0.15, -0.1) is 0 Å². The molecule has 1 aromatic carbocycles. The van der Waals surface area contributed by atoms with Crippen LogP contribution in [0.5, 0.6) is 0 Å². The van der Waals surface area contributed by atoms with Crippen LogP contribution >= 0.6 is 0 Å². The number of nitrogens with two attached hydrogens (primary N) is 1. The van der Waals surface area contributed by atoms with Gasteiger partial charge < -0.3 is 31.7 Å². The summed E-state index contributed by atoms with van der Waals surface area (Å²) in [5.74, 6) is -6.01. The van der Waals surface area contributed by atoms with Gasteiger partial charge >= 0.3 is 17.9 Å². The third-order valence-corrected chi connectivity index (χ3v) is 3.91. The SMILES string of the molecule is NC(Cc1ccccc1)C(=O)NC(CCC(=O)O)C(=O)NC(CC(=O)O)C(=O)O. The van der Waals surface area contributed by atoms with Crippen LogP contribution in [0.3, 0.4) is 0 Å². The van der Waals surface area contributed by atoms with E-state index >= 15 is 0 Å². The number of amides is 2. The van der Waals surface area contributed by atoms with Gasteiger partial charge in [0.1, 0.15) is 12.1 Å². The number of benzene rings is 1. The van der Waals surface area contributed by atoms with Gasteiger partial charge in [0.05, 0.1) is 12.5 Å². The van der Waals surface area contributed by atoms with Crippen LogP contribution in [0, 0.1) is 0 Å². The lowest BCUT2D eigenvalue weighted by Crippen LogP contribution is -2.55. The standard InChI is InChI=1S/C18H23N3O8/c19-11(8-10-4-2-1-3-5-10)16(26)20-12(6-7-14(22)23)17(27)21-13(18(28)29)9-15(24)25/h1-5,11-13H,6-9,19H2,(H,20,26)(H,21,27)(H,22,23)(H,24,25)(H,28,29). The van der Waals surface area contributed by atoms with Crippen LogP contribution in [-0.4, -0.2) is 63.2 Å². The lowest BCUT2D eigenvalue weighted by Gasteiger charge is -2.22. The van der Waals surface area contributed by atoms with Crippen LogP contribution in [0.1, 0.15) is 24.8 Å². The molecule has 0 aliphatic heterocycles. The van der Waals surface area contributed by atoms with Gasteiger partial charge in [0.15, 0.2) is 0 Å². The molecule has 0 bridgehead atoms. The van der Waals surface area contributed by atoms with Crippen molar-refractivity contribution in [1.29, 1.82) is 0 Å². The first-order chi connectivity index (χ1) is 13.6. The number of hydrogen-bond acceptors (Lipinski definition) is 6. The van der Waals surface area contributed by atoms with E-state index in [-0.39, 0.29) is 12.8 Å². The van der Waals surface area contributed by atoms with E-state index in [1.54, 1.807) is 30.3 Å². The predicted molar refractivity (Wildman–Crippen MR) is 98.7 cm³/mol. The third-order valence-electron chi connectivity index (χ3n) is 3.91. The van der Waals surface area contributed by atoms with Crippen LogP contribution in [0.15, 0.2) is 30.3 Å². The highest BCUT2D eigenvalue weighted by Crippen LogP contribution is 2.05. The second-order valence-electron chi connectivity index (χ2n) is 6.29. The molecule has 3 atom stereocenters. The summed E-state index contributed by atoms with van der Waals surface area (Å²) in [6, 6.07) is 4.66. The molecule has 0 radical (unpaired) electrons. The summed E-state index contributed by atoms with van der Waals surface area (Å²) in [6.07, 6.45) is -1.53. The van der Waals surface area contributed by atoms with Crippen LogP contribution in [0.4, 0.5) is 0 Å². The molecule has 0 heterocycles. The van der Waals surface area contributed by atoms with E-state index in [4.69, 9.17) is 21.1 Å². The first-order valence-corrected chi connectivity index (χ1v) is 8.66. The average molecular weight is 409 g/mol. The quantitative estimate of drug-likeness (QED) is 0.249. The number of hydrogen-bond donors (Lipinski definition) is 6. The fourth-order valence-corrected chi connectivity index (χ4v) is 2.42. The van der Waals surface area contributed by atoms with Gasteiger partial charge in [0, 0.05) is 6.42 Å². The summed E-state index contributed by atoms with van der Waals surface area (Å²) in [5, 5.41) is 30.9. The largest absolute Gasteiger partial charge is 0.481 e. The Morgan fingerprint density at radius 1 is 0.862 bits per heavy atom. The molecule has 7 N–H and O–H groups in total. The summed E-state index contributed by atoms with van der Waals surface area (Å²) in [4.78, 5) is 57.4. The maximum absolute atomic E-state index is 12.4. The van der Waals surface area contributed by atoms with Gasteiger partial charge in [0.25, 0.3) is 0 Å². The molecule has 0 spiro atoms. The smallest absolute Gasteiger partial charge is 0.326 e. The molecule has 29 heavy (non-hydrogen) atoms. The number of aliphatic carboxylic acids is 3. The molecule has 0 aliphatic rings. The van der Waals surface area contributed by atoms with Crippen molar-refractivity contribution in [3.8, 4) is 0 Å². The minimum absolute atomic E-state index is 0.163. The fraction of sp³-hybridized carbons (Fsp3) is 0.389. The van der Waals surface area contributed by atoms with E-state index in [0.29, 0.717) is 0 Å². The molecule has 0 fully saturated rings. The van der Waals surface area contributed by atoms with Crippen LogP contribution < -0.4 is 16.4 Å². The normalized spacial score (nSPS) is 13.6. The zero-order chi connectivity index (χ0) is 22.0. The van der Waals surface area contributed by atoms with Crippen LogP contribution in [0.25, 0.3) is 0 Å². The first kappa shape index (κ1) is 23.6. The van der Waals surface area contributed by atoms with Crippen molar-refractivity contribution < 1.29 is 39.3 Å². The summed E-state index contributed by atoms with van der Waals surface area (Å²) in [6.45, 7) is 0. The molecular formula is C18H23N3O8. The number of carbonyl (C=O) groups is 5. The van der Waals surface area contributed by atoms with Crippen molar-refractivity contribution >= 4 is 29.7 Å². The van der Waals surface area contributed by atoms with Crippen molar-refractivity contribution in [2.75, 3.05) is 0 Å². The Morgan fingerprint density at radius 2 is 1.45 bits per heavy atom. The summed E-state index contributed by atoms with van der Waals surface area (Å²) in [7, 11) is 0. The zero-order valence-electron chi connectivity index (χ0n) is 15.4. The molecule has 1 aromatic rings. The van der Waals surface area contributed by atoms with E-state index in [1.165, 1.54) is 0 Å². The highest BCUT2D eigenvalue weighted by atomic mass is 16.4. The maximum atomic E-state index is 12.4. The minimum atomic E-state index is -1.73. The fourth-order valence-electron chi connectivity index (χ4n) is 2.42. The van der Waals surface area contributed by atoms with Crippen molar-refractivity contribution in [2.45, 2.75) is 43.8 Å². The zero-order valence-corrected chi connectivity index (χ0v) is 15.4. The Morgan fingerprint density at radius 3 is 1.97 bits per heavy atom. The topological polar surface area (TPSA) is 196 Å². The highest BCUT2D eigenvalue weighted by molar-refractivity contribution is 5.93. The van der Waals surface area contributed by atoms with Crippen LogP contribution in [0.2, 0.25) is 0 Å². The lowest BCUT2D eigenvalue weighted by molar-refractivity contribution is -0.147. The molecular weight excluding hydrogens is 386 g/mol. The van der Waals surface area contributed by atoms with Crippen LogP contribution in [-0.2, 0) is 30.4 Å². The molecule has 0 aromatic heterocycles. The number of nitrogens with one attached hydrogen (secondary N) is 2. The van der Waals surface area contributed by atoms with Crippen molar-refractivity contribution in [2.24, 2.45) is 5.73 Å². The Bertz CT molecular complexity index is 753. The lowest BCUT2D eigenvalue weighted by atomic mass is 10.0. The minimum Gasteiger partial charge on any atom is -0.481 e. The second kappa shape index (κ2) is 11.4. The van der Waals surface area contributed by atoms with E-state index in [9.17, 15) is 24.0 Å². The number of carboxylic acid groups (broad SMARTS) is 3. The molecule has 1 rings (SSSR count). The summed E-state index contributed by atoms with van der Waals surface area (Å²) >= 11 is 0. The van der Waals surface area contributed by atoms with Gasteiger partial charge in [-0.2, -0.15) is 0 Å². The number of carboxylic acids is 3. The van der Waals surface area contributed by atoms with Crippen molar-refractivity contribution in [3.63, 3.8) is 0 Å². The Hall–Kier alpha value is -3.47. The van der Waals surface area contributed by atoms with Gasteiger partial charge in [-0.05, 0) is 18.4 Å². The molecule has 0 aliphatic carbocycles. The molecule has 158 valence electrons. The third kappa shape index (κ3) is 8.84. The van der Waals surface area contributed by atoms with E-state index < -0.39 is 60.7 Å². The number of rotatable bonds is 12. The van der Waals surface area contributed by atoms with Gasteiger partial charge in [-0.3, -0.25) is 19.2 Å².